The van der Waals surface area contributed by atoms with E-state index in [4.69, 9.17) is 4.74 Å². The highest BCUT2D eigenvalue weighted by molar-refractivity contribution is 9.10. The lowest BCUT2D eigenvalue weighted by Gasteiger charge is -2.38. The van der Waals surface area contributed by atoms with Gasteiger partial charge in [-0.1, -0.05) is 0 Å². The van der Waals surface area contributed by atoms with Crippen molar-refractivity contribution in [1.82, 2.24) is 19.9 Å². The summed E-state index contributed by atoms with van der Waals surface area (Å²) in [7, 11) is 1.65. The number of aromatic nitrogens is 3. The van der Waals surface area contributed by atoms with Crippen molar-refractivity contribution in [3.63, 3.8) is 0 Å². The number of urea groups is 1. The number of methoxy groups -OCH3 is 1. The number of aryl methyl sites for hydroxylation is 1. The fourth-order valence-corrected chi connectivity index (χ4v) is 5.77. The first-order valence-electron chi connectivity index (χ1n) is 13.1. The number of rotatable bonds is 5. The van der Waals surface area contributed by atoms with E-state index < -0.39 is 0 Å². The summed E-state index contributed by atoms with van der Waals surface area (Å²) in [6.07, 6.45) is 6.78. The number of hydrogen-bond acceptors (Lipinski definition) is 8. The van der Waals surface area contributed by atoms with Crippen LogP contribution in [0.1, 0.15) is 41.0 Å². The molecule has 39 heavy (non-hydrogen) atoms. The second-order valence-electron chi connectivity index (χ2n) is 9.88. The lowest BCUT2D eigenvalue weighted by Crippen LogP contribution is -2.49. The van der Waals surface area contributed by atoms with Gasteiger partial charge in [0.2, 0.25) is 5.78 Å². The lowest BCUT2D eigenvalue weighted by atomic mass is 10.0. The fourth-order valence-electron chi connectivity index (χ4n) is 5.45. The minimum absolute atomic E-state index is 0.0654. The first-order valence-corrected chi connectivity index (χ1v) is 13.9. The predicted octanol–water partition coefficient (Wildman–Crippen LogP) is 4.60. The molecule has 2 aromatic heterocycles. The number of piperidine rings is 1. The smallest absolute Gasteiger partial charge is 0.322 e. The van der Waals surface area contributed by atoms with Gasteiger partial charge in [0.05, 0.1) is 24.2 Å². The maximum atomic E-state index is 13.3. The monoisotopic (exact) mass is 589 g/mol. The molecule has 0 atom stereocenters. The number of anilines is 2. The van der Waals surface area contributed by atoms with Crippen LogP contribution in [-0.4, -0.2) is 70.2 Å². The number of aliphatic imine (C=N–C) groups is 1. The van der Waals surface area contributed by atoms with Crippen molar-refractivity contribution in [2.24, 2.45) is 4.99 Å². The minimum atomic E-state index is -0.184. The SMILES string of the molecule is COc1ccc2c(c1)CCN(C1CCN(c3cc(C(=O)C4=Nc5cc(Br)cnc5CC4)ncn3)CC1)C(=O)N2. The Kier molecular flexibility index (Phi) is 6.99. The molecule has 0 bridgehead atoms. The maximum Gasteiger partial charge on any atom is 0.322 e. The van der Waals surface area contributed by atoms with Gasteiger partial charge < -0.3 is 19.9 Å². The molecule has 3 aliphatic rings. The number of benzene rings is 1. The standard InChI is InChI=1S/C28H28BrN7O3/c1-39-20-2-3-21-17(12-20)6-11-36(28(38)34-21)19-7-9-35(10-8-19)26-14-25(31-16-32-26)27(37)23-5-4-22-24(33-23)13-18(29)15-30-22/h2-3,12-16,19H,4-11H2,1H3,(H,34,38). The number of ether oxygens (including phenoxy) is 1. The Morgan fingerprint density at radius 3 is 2.72 bits per heavy atom. The Morgan fingerprint density at radius 2 is 1.90 bits per heavy atom. The summed E-state index contributed by atoms with van der Waals surface area (Å²) in [5.41, 5.74) is 4.35. The Balaban J connectivity index is 1.11. The zero-order valence-electron chi connectivity index (χ0n) is 21.6. The average molecular weight is 590 g/mol. The molecule has 5 heterocycles. The first kappa shape index (κ1) is 25.4. The molecular weight excluding hydrogens is 562 g/mol. The second kappa shape index (κ2) is 10.7. The van der Waals surface area contributed by atoms with Gasteiger partial charge in [-0.3, -0.25) is 9.78 Å². The number of ketones is 1. The Hall–Kier alpha value is -3.86. The third-order valence-corrected chi connectivity index (χ3v) is 8.02. The number of carbonyl (C=O) groups excluding carboxylic acids is 2. The third-order valence-electron chi connectivity index (χ3n) is 7.58. The first-order chi connectivity index (χ1) is 19.0. The molecule has 0 radical (unpaired) electrons. The van der Waals surface area contributed by atoms with Crippen molar-refractivity contribution in [2.45, 2.75) is 38.1 Å². The summed E-state index contributed by atoms with van der Waals surface area (Å²) in [6.45, 7) is 2.11. The van der Waals surface area contributed by atoms with Gasteiger partial charge in [0, 0.05) is 48.1 Å². The van der Waals surface area contributed by atoms with Gasteiger partial charge in [0.25, 0.3) is 0 Å². The van der Waals surface area contributed by atoms with Crippen LogP contribution in [0, 0.1) is 0 Å². The molecule has 3 aromatic rings. The molecule has 1 fully saturated rings. The molecule has 1 aromatic carbocycles. The molecule has 2 amide bonds. The normalized spacial score (nSPS) is 17.5. The quantitative estimate of drug-likeness (QED) is 0.432. The average Bonchev–Trinajstić information content (AvgIpc) is 3.14. The van der Waals surface area contributed by atoms with Crippen molar-refractivity contribution in [1.29, 1.82) is 0 Å². The zero-order chi connectivity index (χ0) is 26.9. The van der Waals surface area contributed by atoms with Crippen molar-refractivity contribution in [3.8, 4) is 5.75 Å². The van der Waals surface area contributed by atoms with Crippen LogP contribution in [0.2, 0.25) is 0 Å². The van der Waals surface area contributed by atoms with Crippen molar-refractivity contribution < 1.29 is 14.3 Å². The van der Waals surface area contributed by atoms with Gasteiger partial charge in [-0.15, -0.1) is 0 Å². The largest absolute Gasteiger partial charge is 0.497 e. The van der Waals surface area contributed by atoms with E-state index in [1.54, 1.807) is 19.4 Å². The highest BCUT2D eigenvalue weighted by atomic mass is 79.9. The Labute approximate surface area is 234 Å². The second-order valence-corrected chi connectivity index (χ2v) is 10.8. The van der Waals surface area contributed by atoms with E-state index in [1.165, 1.54) is 6.33 Å². The van der Waals surface area contributed by atoms with E-state index in [0.717, 1.165) is 65.2 Å². The van der Waals surface area contributed by atoms with Gasteiger partial charge in [-0.05, 0) is 77.9 Å². The summed E-state index contributed by atoms with van der Waals surface area (Å²) in [5, 5.41) is 3.07. The number of carbonyl (C=O) groups is 2. The van der Waals surface area contributed by atoms with Crippen LogP contribution in [0.4, 0.5) is 22.0 Å². The fraction of sp³-hybridized carbons (Fsp3) is 0.357. The number of fused-ring (bicyclic) bond motifs is 2. The number of nitrogens with zero attached hydrogens (tertiary/aromatic N) is 6. The zero-order valence-corrected chi connectivity index (χ0v) is 23.1. The molecule has 1 saturated heterocycles. The highest BCUT2D eigenvalue weighted by Crippen LogP contribution is 2.30. The van der Waals surface area contributed by atoms with Gasteiger partial charge in [0.15, 0.2) is 0 Å². The highest BCUT2D eigenvalue weighted by Gasteiger charge is 2.31. The van der Waals surface area contributed by atoms with Gasteiger partial charge in [0.1, 0.15) is 23.6 Å². The molecule has 6 rings (SSSR count). The number of halogens is 1. The molecule has 200 valence electrons. The van der Waals surface area contributed by atoms with E-state index in [-0.39, 0.29) is 17.9 Å². The Morgan fingerprint density at radius 1 is 1.05 bits per heavy atom. The van der Waals surface area contributed by atoms with E-state index in [2.05, 4.69) is 46.1 Å². The molecular formula is C28H28BrN7O3. The topological polar surface area (TPSA) is 113 Å². The van der Waals surface area contributed by atoms with Crippen LogP contribution in [0.25, 0.3) is 0 Å². The molecule has 0 aliphatic carbocycles. The van der Waals surface area contributed by atoms with Crippen molar-refractivity contribution in [3.05, 3.63) is 64.3 Å². The summed E-state index contributed by atoms with van der Waals surface area (Å²) in [4.78, 5) is 48.1. The van der Waals surface area contributed by atoms with E-state index in [0.29, 0.717) is 36.6 Å². The molecule has 11 heteroatoms. The Bertz CT molecular complexity index is 1470. The van der Waals surface area contributed by atoms with Gasteiger partial charge >= 0.3 is 6.03 Å². The molecule has 0 unspecified atom stereocenters. The lowest BCUT2D eigenvalue weighted by molar-refractivity contribution is 0.105. The maximum absolute atomic E-state index is 13.3. The summed E-state index contributed by atoms with van der Waals surface area (Å²) in [6, 6.07) is 9.45. The summed E-state index contributed by atoms with van der Waals surface area (Å²) < 4.78 is 6.17. The third kappa shape index (κ3) is 5.23. The molecule has 10 nitrogen and oxygen atoms in total. The van der Waals surface area contributed by atoms with Gasteiger partial charge in [-0.25, -0.2) is 19.8 Å². The van der Waals surface area contributed by atoms with Crippen molar-refractivity contribution in [2.75, 3.05) is 37.0 Å². The molecule has 0 spiro atoms. The van der Waals surface area contributed by atoms with Crippen LogP contribution >= 0.6 is 15.9 Å². The molecule has 1 N–H and O–H groups in total. The number of hydrogen-bond donors (Lipinski definition) is 1. The predicted molar refractivity (Wildman–Crippen MR) is 151 cm³/mol. The number of pyridine rings is 1. The van der Waals surface area contributed by atoms with Crippen LogP contribution in [0.5, 0.6) is 5.75 Å². The number of amides is 2. The number of Topliss-reactive ketones (excluding diaryl/α,β-unsaturated/α-hetero) is 1. The summed E-state index contributed by atoms with van der Waals surface area (Å²) in [5.74, 6) is 1.32. The molecule has 0 saturated carbocycles. The van der Waals surface area contributed by atoms with Gasteiger partial charge in [-0.2, -0.15) is 0 Å². The minimum Gasteiger partial charge on any atom is -0.497 e. The summed E-state index contributed by atoms with van der Waals surface area (Å²) >= 11 is 3.42. The van der Waals surface area contributed by atoms with Crippen molar-refractivity contribution >= 4 is 50.6 Å². The van der Waals surface area contributed by atoms with Crippen LogP contribution in [0.3, 0.4) is 0 Å². The van der Waals surface area contributed by atoms with Crippen LogP contribution < -0.4 is 15.0 Å². The van der Waals surface area contributed by atoms with E-state index in [9.17, 15) is 9.59 Å². The van der Waals surface area contributed by atoms with E-state index in [1.807, 2.05) is 29.2 Å². The van der Waals surface area contributed by atoms with E-state index >= 15 is 0 Å². The van der Waals surface area contributed by atoms with Crippen LogP contribution in [0.15, 0.2) is 52.3 Å². The number of nitrogens with one attached hydrogen (secondary N) is 1. The van der Waals surface area contributed by atoms with Crippen LogP contribution in [-0.2, 0) is 12.8 Å². The molecule has 3 aliphatic heterocycles.